The van der Waals surface area contributed by atoms with Crippen molar-refractivity contribution in [1.82, 2.24) is 15.0 Å². The van der Waals surface area contributed by atoms with E-state index >= 15 is 0 Å². The first kappa shape index (κ1) is 22.0. The highest BCUT2D eigenvalue weighted by atomic mass is 32.2. The van der Waals surface area contributed by atoms with E-state index in [9.17, 15) is 22.8 Å². The van der Waals surface area contributed by atoms with Crippen LogP contribution in [-0.2, 0) is 14.8 Å². The van der Waals surface area contributed by atoms with E-state index in [1.54, 1.807) is 20.8 Å². The zero-order valence-corrected chi connectivity index (χ0v) is 17.9. The SMILES string of the molecule is CC(C)(C)OC(=O)N[C@@H]1CCCC[C@H]1N1C(=O)c2ccc(C(=O)NN)cc2S1(=O)=O. The van der Waals surface area contributed by atoms with Gasteiger partial charge in [-0.3, -0.25) is 15.0 Å². The molecule has 1 fully saturated rings. The molecular weight excluding hydrogens is 412 g/mol. The second kappa shape index (κ2) is 7.88. The van der Waals surface area contributed by atoms with Crippen LogP contribution in [0.4, 0.5) is 4.79 Å². The van der Waals surface area contributed by atoms with Crippen molar-refractivity contribution in [3.8, 4) is 0 Å². The molecule has 2 aliphatic rings. The molecule has 3 rings (SSSR count). The number of hydrogen-bond acceptors (Lipinski definition) is 7. The highest BCUT2D eigenvalue weighted by Gasteiger charge is 2.48. The number of rotatable bonds is 3. The predicted molar refractivity (Wildman–Crippen MR) is 107 cm³/mol. The molecule has 30 heavy (non-hydrogen) atoms. The van der Waals surface area contributed by atoms with Gasteiger partial charge in [0.15, 0.2) is 0 Å². The minimum atomic E-state index is -4.19. The van der Waals surface area contributed by atoms with E-state index < -0.39 is 45.6 Å². The second-order valence-corrected chi connectivity index (χ2v) is 10.2. The normalized spacial score (nSPS) is 22.9. The molecule has 1 aliphatic carbocycles. The van der Waals surface area contributed by atoms with Gasteiger partial charge in [-0.15, -0.1) is 0 Å². The summed E-state index contributed by atoms with van der Waals surface area (Å²) in [5.41, 5.74) is 1.25. The number of amides is 3. The number of nitrogens with zero attached hydrogens (tertiary/aromatic N) is 1. The molecule has 0 aromatic heterocycles. The lowest BCUT2D eigenvalue weighted by atomic mass is 9.90. The first-order valence-corrected chi connectivity index (χ1v) is 11.1. The lowest BCUT2D eigenvalue weighted by Crippen LogP contribution is -2.55. The van der Waals surface area contributed by atoms with E-state index in [1.165, 1.54) is 12.1 Å². The first-order chi connectivity index (χ1) is 14.0. The maximum absolute atomic E-state index is 13.2. The van der Waals surface area contributed by atoms with Crippen LogP contribution >= 0.6 is 0 Å². The Morgan fingerprint density at radius 1 is 1.20 bits per heavy atom. The Bertz CT molecular complexity index is 985. The number of benzene rings is 1. The average Bonchev–Trinajstić information content (AvgIpc) is 2.85. The van der Waals surface area contributed by atoms with Crippen LogP contribution in [0.15, 0.2) is 23.1 Å². The Balaban J connectivity index is 1.92. The highest BCUT2D eigenvalue weighted by Crippen LogP contribution is 2.37. The topological polar surface area (TPSA) is 148 Å². The molecule has 2 atom stereocenters. The van der Waals surface area contributed by atoms with E-state index in [1.807, 2.05) is 5.43 Å². The molecule has 1 heterocycles. The molecule has 0 bridgehead atoms. The number of ether oxygens (including phenoxy) is 1. The van der Waals surface area contributed by atoms with E-state index in [-0.39, 0.29) is 16.0 Å². The van der Waals surface area contributed by atoms with E-state index in [0.717, 1.165) is 16.8 Å². The van der Waals surface area contributed by atoms with Gasteiger partial charge in [0.25, 0.3) is 21.8 Å². The monoisotopic (exact) mass is 438 g/mol. The van der Waals surface area contributed by atoms with Crippen molar-refractivity contribution in [2.45, 2.75) is 69.0 Å². The van der Waals surface area contributed by atoms with Crippen molar-refractivity contribution in [2.24, 2.45) is 5.84 Å². The van der Waals surface area contributed by atoms with Crippen molar-refractivity contribution in [3.05, 3.63) is 29.3 Å². The standard InChI is InChI=1S/C19H26N4O6S/c1-19(2,3)29-18(26)21-13-6-4-5-7-14(13)23-17(25)12-9-8-11(16(24)22-20)10-15(12)30(23,27)28/h8-10,13-14H,4-7,20H2,1-3H3,(H,21,26)(H,22,24)/t13-,14-/m1/s1. The maximum atomic E-state index is 13.2. The largest absolute Gasteiger partial charge is 0.444 e. The van der Waals surface area contributed by atoms with Crippen molar-refractivity contribution >= 4 is 27.9 Å². The van der Waals surface area contributed by atoms with Gasteiger partial charge in [0.05, 0.1) is 17.6 Å². The molecule has 10 nitrogen and oxygen atoms in total. The van der Waals surface area contributed by atoms with Gasteiger partial charge in [-0.05, 0) is 51.8 Å². The fourth-order valence-electron chi connectivity index (χ4n) is 3.82. The summed E-state index contributed by atoms with van der Waals surface area (Å²) in [6, 6.07) is 2.47. The molecule has 164 valence electrons. The molecule has 0 radical (unpaired) electrons. The third-order valence-corrected chi connectivity index (χ3v) is 6.92. The fourth-order valence-corrected chi connectivity index (χ4v) is 5.67. The Morgan fingerprint density at radius 3 is 2.50 bits per heavy atom. The molecule has 1 aromatic rings. The van der Waals surface area contributed by atoms with Crippen molar-refractivity contribution < 1.29 is 27.5 Å². The number of nitrogen functional groups attached to an aromatic ring is 1. The number of carbonyl (C=O) groups excluding carboxylic acids is 3. The van der Waals surface area contributed by atoms with Crippen molar-refractivity contribution in [2.75, 3.05) is 0 Å². The molecule has 1 saturated carbocycles. The van der Waals surface area contributed by atoms with Crippen LogP contribution < -0.4 is 16.6 Å². The molecule has 4 N–H and O–H groups in total. The number of sulfonamides is 1. The third-order valence-electron chi connectivity index (χ3n) is 5.08. The van der Waals surface area contributed by atoms with E-state index in [4.69, 9.17) is 10.6 Å². The minimum Gasteiger partial charge on any atom is -0.444 e. The number of fused-ring (bicyclic) bond motifs is 1. The summed E-state index contributed by atoms with van der Waals surface area (Å²) in [6.45, 7) is 5.18. The van der Waals surface area contributed by atoms with Gasteiger partial charge >= 0.3 is 6.09 Å². The lowest BCUT2D eigenvalue weighted by molar-refractivity contribution is 0.0449. The Kier molecular flexibility index (Phi) is 5.79. The van der Waals surface area contributed by atoms with Crippen LogP contribution in [0.1, 0.15) is 67.2 Å². The van der Waals surface area contributed by atoms with Gasteiger partial charge in [-0.1, -0.05) is 12.8 Å². The zero-order chi connectivity index (χ0) is 22.3. The highest BCUT2D eigenvalue weighted by molar-refractivity contribution is 7.90. The van der Waals surface area contributed by atoms with Crippen LogP contribution in [-0.4, -0.2) is 48.3 Å². The van der Waals surface area contributed by atoms with Gasteiger partial charge in [0.2, 0.25) is 0 Å². The number of carbonyl (C=O) groups is 3. The molecule has 1 aromatic carbocycles. The molecule has 0 saturated heterocycles. The summed E-state index contributed by atoms with van der Waals surface area (Å²) < 4.78 is 32.6. The average molecular weight is 439 g/mol. The minimum absolute atomic E-state index is 0.00911. The molecular formula is C19H26N4O6S. The Morgan fingerprint density at radius 2 is 1.87 bits per heavy atom. The summed E-state index contributed by atoms with van der Waals surface area (Å²) in [5, 5.41) is 2.73. The molecule has 0 unspecified atom stereocenters. The number of nitrogens with two attached hydrogens (primary N) is 1. The van der Waals surface area contributed by atoms with Gasteiger partial charge in [-0.25, -0.2) is 23.4 Å². The summed E-state index contributed by atoms with van der Waals surface area (Å²) >= 11 is 0. The van der Waals surface area contributed by atoms with Crippen molar-refractivity contribution in [1.29, 1.82) is 0 Å². The van der Waals surface area contributed by atoms with E-state index in [0.29, 0.717) is 19.3 Å². The van der Waals surface area contributed by atoms with Crippen LogP contribution in [0.25, 0.3) is 0 Å². The summed E-state index contributed by atoms with van der Waals surface area (Å²) in [5.74, 6) is 3.78. The van der Waals surface area contributed by atoms with Crippen LogP contribution in [0.2, 0.25) is 0 Å². The molecule has 11 heteroatoms. The van der Waals surface area contributed by atoms with Gasteiger partial charge < -0.3 is 10.1 Å². The third kappa shape index (κ3) is 4.12. The summed E-state index contributed by atoms with van der Waals surface area (Å²) in [4.78, 5) is 36.8. The summed E-state index contributed by atoms with van der Waals surface area (Å²) in [7, 11) is -4.19. The number of hydrogen-bond donors (Lipinski definition) is 3. The van der Waals surface area contributed by atoms with Crippen LogP contribution in [0.5, 0.6) is 0 Å². The van der Waals surface area contributed by atoms with Gasteiger partial charge in [0, 0.05) is 5.56 Å². The molecule has 1 aliphatic heterocycles. The van der Waals surface area contributed by atoms with Crippen LogP contribution in [0.3, 0.4) is 0 Å². The smallest absolute Gasteiger partial charge is 0.407 e. The molecule has 0 spiro atoms. The van der Waals surface area contributed by atoms with Crippen molar-refractivity contribution in [3.63, 3.8) is 0 Å². The van der Waals surface area contributed by atoms with Gasteiger partial charge in [0.1, 0.15) is 10.5 Å². The number of nitrogens with one attached hydrogen (secondary N) is 2. The fraction of sp³-hybridized carbons (Fsp3) is 0.526. The van der Waals surface area contributed by atoms with E-state index in [2.05, 4.69) is 5.32 Å². The lowest BCUT2D eigenvalue weighted by Gasteiger charge is -2.37. The predicted octanol–water partition coefficient (Wildman–Crippen LogP) is 1.27. The van der Waals surface area contributed by atoms with Crippen LogP contribution in [0, 0.1) is 0 Å². The Hall–Kier alpha value is -2.66. The quantitative estimate of drug-likeness (QED) is 0.366. The Labute approximate surface area is 175 Å². The zero-order valence-electron chi connectivity index (χ0n) is 17.1. The maximum Gasteiger partial charge on any atom is 0.407 e. The number of hydrazine groups is 1. The summed E-state index contributed by atoms with van der Waals surface area (Å²) in [6.07, 6.45) is 1.76. The second-order valence-electron chi connectivity index (χ2n) is 8.39. The molecule has 3 amide bonds. The number of alkyl carbamates (subject to hydrolysis) is 1. The van der Waals surface area contributed by atoms with Gasteiger partial charge in [-0.2, -0.15) is 0 Å². The first-order valence-electron chi connectivity index (χ1n) is 9.69.